The van der Waals surface area contributed by atoms with Gasteiger partial charge in [0.15, 0.2) is 6.61 Å². The topological polar surface area (TPSA) is 53.1 Å². The second-order valence-electron chi connectivity index (χ2n) is 11.6. The first-order valence-electron chi connectivity index (χ1n) is 14.5. The molecule has 2 aromatic rings. The summed E-state index contributed by atoms with van der Waals surface area (Å²) in [6.07, 6.45) is 5.79. The number of rotatable bonds is 5. The summed E-state index contributed by atoms with van der Waals surface area (Å²) in [5.74, 6) is 2.33. The molecule has 2 saturated carbocycles. The lowest BCUT2D eigenvalue weighted by Gasteiger charge is -2.30. The van der Waals surface area contributed by atoms with Crippen molar-refractivity contribution in [2.75, 3.05) is 37.7 Å². The van der Waals surface area contributed by atoms with Crippen LogP contribution in [0.2, 0.25) is 0 Å². The first-order valence-corrected chi connectivity index (χ1v) is 14.5. The molecule has 204 valence electrons. The third-order valence-corrected chi connectivity index (χ3v) is 8.83. The Morgan fingerprint density at radius 3 is 2.34 bits per heavy atom. The molecule has 0 saturated heterocycles. The number of benzene rings is 2. The van der Waals surface area contributed by atoms with Gasteiger partial charge in [-0.1, -0.05) is 49.2 Å². The van der Waals surface area contributed by atoms with E-state index in [2.05, 4.69) is 48.8 Å². The van der Waals surface area contributed by atoms with Crippen LogP contribution in [-0.4, -0.2) is 60.4 Å². The molecular formula is C32H43N3O3. The molecule has 0 aromatic heterocycles. The van der Waals surface area contributed by atoms with Crippen molar-refractivity contribution in [1.82, 2.24) is 9.80 Å². The summed E-state index contributed by atoms with van der Waals surface area (Å²) in [5, 5.41) is 0. The third kappa shape index (κ3) is 5.90. The Balaban J connectivity index is 1.43. The van der Waals surface area contributed by atoms with Crippen molar-refractivity contribution in [2.24, 2.45) is 17.8 Å². The summed E-state index contributed by atoms with van der Waals surface area (Å²) in [7, 11) is 0. The lowest BCUT2D eigenvalue weighted by molar-refractivity contribution is -0.134. The van der Waals surface area contributed by atoms with E-state index in [1.165, 1.54) is 25.7 Å². The van der Waals surface area contributed by atoms with Gasteiger partial charge in [-0.3, -0.25) is 14.5 Å². The molecule has 3 aliphatic rings. The van der Waals surface area contributed by atoms with Crippen LogP contribution in [0.3, 0.4) is 0 Å². The molecule has 2 aliphatic carbocycles. The molecule has 1 aliphatic heterocycles. The summed E-state index contributed by atoms with van der Waals surface area (Å²) in [5.41, 5.74) is 3.05. The number of ether oxygens (including phenoxy) is 1. The number of anilines is 1. The number of hydrogen-bond acceptors (Lipinski definition) is 4. The van der Waals surface area contributed by atoms with Crippen LogP contribution < -0.4 is 9.64 Å². The van der Waals surface area contributed by atoms with Gasteiger partial charge < -0.3 is 14.5 Å². The molecule has 2 amide bonds. The third-order valence-electron chi connectivity index (χ3n) is 8.83. The number of carbonyl (C=O) groups is 2. The van der Waals surface area contributed by atoms with Crippen LogP contribution in [0.4, 0.5) is 5.69 Å². The minimum absolute atomic E-state index is 0.0141. The van der Waals surface area contributed by atoms with Crippen LogP contribution in [0.25, 0.3) is 0 Å². The van der Waals surface area contributed by atoms with Crippen LogP contribution in [0, 0.1) is 24.7 Å². The van der Waals surface area contributed by atoms with Gasteiger partial charge in [0.05, 0.1) is 5.69 Å². The van der Waals surface area contributed by atoms with Gasteiger partial charge in [0.25, 0.3) is 5.91 Å². The number of carbonyl (C=O) groups excluding carboxylic acids is 2. The number of amides is 2. The Morgan fingerprint density at radius 2 is 1.63 bits per heavy atom. The molecule has 0 bridgehead atoms. The Kier molecular flexibility index (Phi) is 8.37. The number of nitrogens with zero attached hydrogens (tertiary/aromatic N) is 3. The smallest absolute Gasteiger partial charge is 0.264 e. The molecule has 2 atom stereocenters. The summed E-state index contributed by atoms with van der Waals surface area (Å²) < 4.78 is 5.88. The van der Waals surface area contributed by atoms with E-state index in [1.54, 1.807) is 0 Å². The Labute approximate surface area is 227 Å². The van der Waals surface area contributed by atoms with Crippen molar-refractivity contribution < 1.29 is 14.3 Å². The minimum Gasteiger partial charge on any atom is -0.484 e. The van der Waals surface area contributed by atoms with E-state index in [4.69, 9.17) is 4.74 Å². The Hall–Kier alpha value is -2.86. The second-order valence-corrected chi connectivity index (χ2v) is 11.6. The standard InChI is InChI=1S/C32H43N3O3/c1-23(2)33-17-10-18-35(29(36)22-38-26-13-5-4-6-14-26)31-24(3)11-9-12-25(31)21-34(20-19-33)32(37)30-27-15-7-8-16-28(27)30/h4-6,9,11-14,23,27-28,30H,7-8,10,15-22H2,1-3H3. The summed E-state index contributed by atoms with van der Waals surface area (Å²) in [4.78, 5) is 34.1. The fraction of sp³-hybridized carbons (Fsp3) is 0.562. The molecule has 5 rings (SSSR count). The van der Waals surface area contributed by atoms with E-state index in [0.717, 1.165) is 42.9 Å². The molecule has 2 unspecified atom stereocenters. The summed E-state index contributed by atoms with van der Waals surface area (Å²) in [6, 6.07) is 16.1. The van der Waals surface area contributed by atoms with Crippen molar-refractivity contribution in [3.63, 3.8) is 0 Å². The Morgan fingerprint density at radius 1 is 0.895 bits per heavy atom. The van der Waals surface area contributed by atoms with E-state index in [0.29, 0.717) is 42.6 Å². The van der Waals surface area contributed by atoms with E-state index >= 15 is 0 Å². The van der Waals surface area contributed by atoms with Crippen LogP contribution in [-0.2, 0) is 16.1 Å². The monoisotopic (exact) mass is 517 g/mol. The average Bonchev–Trinajstić information content (AvgIpc) is 3.66. The molecule has 0 spiro atoms. The molecular weight excluding hydrogens is 474 g/mol. The summed E-state index contributed by atoms with van der Waals surface area (Å²) in [6.45, 7) is 10.1. The second kappa shape index (κ2) is 11.9. The van der Waals surface area contributed by atoms with Gasteiger partial charge in [-0.25, -0.2) is 0 Å². The highest BCUT2D eigenvalue weighted by atomic mass is 16.5. The average molecular weight is 518 g/mol. The lowest BCUT2D eigenvalue weighted by Crippen LogP contribution is -2.42. The number of aryl methyl sites for hydroxylation is 1. The van der Waals surface area contributed by atoms with Crippen LogP contribution in [0.15, 0.2) is 48.5 Å². The SMILES string of the molecule is Cc1cccc2c1N(C(=O)COc1ccccc1)CCCN(C(C)C)CCN(C(=O)C1C3CCCCC31)C2. The van der Waals surface area contributed by atoms with Gasteiger partial charge in [0.2, 0.25) is 5.91 Å². The van der Waals surface area contributed by atoms with Crippen LogP contribution >= 0.6 is 0 Å². The fourth-order valence-corrected chi connectivity index (χ4v) is 6.69. The van der Waals surface area contributed by atoms with Gasteiger partial charge in [0, 0.05) is 44.7 Å². The van der Waals surface area contributed by atoms with Crippen molar-refractivity contribution in [1.29, 1.82) is 0 Å². The van der Waals surface area contributed by atoms with Gasteiger partial charge in [-0.2, -0.15) is 0 Å². The summed E-state index contributed by atoms with van der Waals surface area (Å²) >= 11 is 0. The highest BCUT2D eigenvalue weighted by molar-refractivity contribution is 5.96. The van der Waals surface area contributed by atoms with E-state index in [1.807, 2.05) is 35.2 Å². The molecule has 0 N–H and O–H groups in total. The normalized spacial score (nSPS) is 24.3. The minimum atomic E-state index is -0.0502. The maximum atomic E-state index is 13.9. The molecule has 6 nitrogen and oxygen atoms in total. The molecule has 1 heterocycles. The van der Waals surface area contributed by atoms with E-state index < -0.39 is 0 Å². The van der Waals surface area contributed by atoms with Crippen molar-refractivity contribution in [2.45, 2.75) is 65.5 Å². The quantitative estimate of drug-likeness (QED) is 0.541. The number of hydrogen-bond donors (Lipinski definition) is 0. The predicted molar refractivity (Wildman–Crippen MR) is 151 cm³/mol. The van der Waals surface area contributed by atoms with Crippen LogP contribution in [0.1, 0.15) is 57.1 Å². The first kappa shape index (κ1) is 26.7. The van der Waals surface area contributed by atoms with E-state index in [9.17, 15) is 9.59 Å². The molecule has 38 heavy (non-hydrogen) atoms. The fourth-order valence-electron chi connectivity index (χ4n) is 6.69. The highest BCUT2D eigenvalue weighted by Crippen LogP contribution is 2.56. The van der Waals surface area contributed by atoms with Crippen molar-refractivity contribution >= 4 is 17.5 Å². The van der Waals surface area contributed by atoms with E-state index in [-0.39, 0.29) is 18.4 Å². The number of fused-ring (bicyclic) bond motifs is 2. The van der Waals surface area contributed by atoms with Gasteiger partial charge in [0.1, 0.15) is 5.75 Å². The van der Waals surface area contributed by atoms with Crippen molar-refractivity contribution in [3.8, 4) is 5.75 Å². The van der Waals surface area contributed by atoms with Crippen LogP contribution in [0.5, 0.6) is 5.75 Å². The molecule has 0 radical (unpaired) electrons. The zero-order chi connectivity index (χ0) is 26.6. The molecule has 2 aromatic carbocycles. The zero-order valence-corrected chi connectivity index (χ0v) is 23.3. The van der Waals surface area contributed by atoms with Crippen molar-refractivity contribution in [3.05, 3.63) is 59.7 Å². The predicted octanol–water partition coefficient (Wildman–Crippen LogP) is 5.29. The maximum Gasteiger partial charge on any atom is 0.264 e. The van der Waals surface area contributed by atoms with Gasteiger partial charge in [-0.15, -0.1) is 0 Å². The number of para-hydroxylation sites is 2. The zero-order valence-electron chi connectivity index (χ0n) is 23.3. The Bertz CT molecular complexity index is 1110. The van der Waals surface area contributed by atoms with Gasteiger partial charge in [-0.05, 0) is 75.1 Å². The highest BCUT2D eigenvalue weighted by Gasteiger charge is 2.55. The largest absolute Gasteiger partial charge is 0.484 e. The van der Waals surface area contributed by atoms with Gasteiger partial charge >= 0.3 is 0 Å². The lowest BCUT2D eigenvalue weighted by atomic mass is 10.0. The molecule has 2 fully saturated rings. The molecule has 6 heteroatoms. The first-order chi connectivity index (χ1) is 18.4. The maximum absolute atomic E-state index is 13.9.